The van der Waals surface area contributed by atoms with E-state index in [1.165, 1.54) is 0 Å². The van der Waals surface area contributed by atoms with E-state index in [1.807, 2.05) is 0 Å². The van der Waals surface area contributed by atoms with E-state index in [1.54, 1.807) is 0 Å². The second-order valence-corrected chi connectivity index (χ2v) is 8.18. The molecule has 234 valence electrons. The van der Waals surface area contributed by atoms with Gasteiger partial charge in [-0.15, -0.1) is 0 Å². The molecule has 0 saturated heterocycles. The molecule has 0 bridgehead atoms. The molecule has 39 heavy (non-hydrogen) atoms. The first-order chi connectivity index (χ1) is 16.8. The highest BCUT2D eigenvalue weighted by Gasteiger charge is 2.86. The average Bonchev–Trinajstić information content (AvgIpc) is 2.72. The summed E-state index contributed by atoms with van der Waals surface area (Å²) in [6, 6.07) is -4.18. The summed E-state index contributed by atoms with van der Waals surface area (Å²) in [4.78, 5) is 10.9. The first-order valence-corrected chi connectivity index (χ1v) is 10.1. The predicted molar refractivity (Wildman–Crippen MR) is 91.0 cm³/mol. The van der Waals surface area contributed by atoms with Crippen LogP contribution in [-0.2, 0) is 14.3 Å². The van der Waals surface area contributed by atoms with Crippen molar-refractivity contribution in [2.45, 2.75) is 106 Å². The Morgan fingerprint density at radius 2 is 0.949 bits per heavy atom. The minimum atomic E-state index is -7.47. The second kappa shape index (κ2) is 10.3. The Bertz CT molecular complexity index is 874. The highest BCUT2D eigenvalue weighted by Crippen LogP contribution is 2.60. The summed E-state index contributed by atoms with van der Waals surface area (Å²) in [7, 11) is 0. The van der Waals surface area contributed by atoms with E-state index in [4.69, 9.17) is 0 Å². The average molecular weight is 624 g/mol. The Morgan fingerprint density at radius 1 is 0.564 bits per heavy atom. The molecule has 0 aliphatic carbocycles. The lowest BCUT2D eigenvalue weighted by Gasteiger charge is -2.51. The molecule has 0 rings (SSSR count). The smallest absolute Gasteiger partial charge is 0.307 e. The van der Waals surface area contributed by atoms with E-state index in [0.717, 1.165) is 0 Å². The molecule has 3 unspecified atom stereocenters. The molecule has 0 N–H and O–H groups in total. The van der Waals surface area contributed by atoms with E-state index in [2.05, 4.69) is 9.47 Å². The summed E-state index contributed by atoms with van der Waals surface area (Å²) in [6.07, 6.45) is -42.5. The molecule has 21 heteroatoms. The highest BCUT2D eigenvalue weighted by atomic mass is 19.4. The first kappa shape index (κ1) is 37.3. The number of halogens is 18. The van der Waals surface area contributed by atoms with Crippen LogP contribution in [0.3, 0.4) is 0 Å². The zero-order chi connectivity index (χ0) is 32.1. The predicted octanol–water partition coefficient (Wildman–Crippen LogP) is 8.17. The zero-order valence-corrected chi connectivity index (χ0v) is 19.6. The van der Waals surface area contributed by atoms with Gasteiger partial charge >= 0.3 is 54.0 Å². The maximum absolute atomic E-state index is 15.5. The van der Waals surface area contributed by atoms with Crippen molar-refractivity contribution in [3.63, 3.8) is 0 Å². The van der Waals surface area contributed by atoms with Gasteiger partial charge < -0.3 is 9.47 Å². The van der Waals surface area contributed by atoms with Gasteiger partial charge in [0.25, 0.3) is 0 Å². The topological polar surface area (TPSA) is 35.5 Å². The van der Waals surface area contributed by atoms with Crippen molar-refractivity contribution in [1.82, 2.24) is 0 Å². The van der Waals surface area contributed by atoms with Crippen molar-refractivity contribution < 1.29 is 93.3 Å². The summed E-state index contributed by atoms with van der Waals surface area (Å²) in [6.45, 7) is -0.442. The molecule has 0 fully saturated rings. The third kappa shape index (κ3) is 5.49. The van der Waals surface area contributed by atoms with Gasteiger partial charge in [-0.1, -0.05) is 20.8 Å². The number of ether oxygens (including phenoxy) is 2. The fourth-order valence-corrected chi connectivity index (χ4v) is 3.49. The van der Waals surface area contributed by atoms with Crippen molar-refractivity contribution >= 4 is 6.04 Å². The Labute approximate surface area is 206 Å². The molecule has 0 saturated carbocycles. The molecule has 0 aliphatic heterocycles. The molecule has 0 radical (unpaired) electrons. The summed E-state index contributed by atoms with van der Waals surface area (Å²) in [5.41, 5.74) is -23.5. The van der Waals surface area contributed by atoms with Gasteiger partial charge in [0.2, 0.25) is 0 Å². The van der Waals surface area contributed by atoms with Crippen molar-refractivity contribution in [1.29, 1.82) is 0 Å². The van der Waals surface area contributed by atoms with E-state index >= 15 is 4.39 Å². The maximum atomic E-state index is 15.5. The number of hydrogen-bond acceptors (Lipinski definition) is 3. The molecule has 0 amide bonds. The number of alkyl halides is 17. The first-order valence-electron chi connectivity index (χ1n) is 10.1. The number of carbonyl (C=O) groups excluding carboxylic acids is 1. The van der Waals surface area contributed by atoms with Gasteiger partial charge in [0.1, 0.15) is 11.2 Å². The fraction of sp³-hybridized carbons (Fsp3) is 0.944. The van der Waals surface area contributed by atoms with Gasteiger partial charge in [0, 0.05) is 0 Å². The quantitative estimate of drug-likeness (QED) is 0.162. The minimum Gasteiger partial charge on any atom is -0.307 e. The largest absolute Gasteiger partial charge is 0.462 e. The molecule has 0 aliphatic rings. The second-order valence-electron chi connectivity index (χ2n) is 8.18. The van der Waals surface area contributed by atoms with E-state index in [9.17, 15) is 79.4 Å². The zero-order valence-electron chi connectivity index (χ0n) is 19.6. The fourth-order valence-electron chi connectivity index (χ4n) is 3.49. The van der Waals surface area contributed by atoms with Crippen LogP contribution < -0.4 is 0 Å². The lowest BCUT2D eigenvalue weighted by molar-refractivity contribution is -0.492. The standard InChI is InChI=1S/C18H18F18O3/c1-5-9(4,38-18(35,36)13(22,23)16(30,31)32)12(21,15(27,28)29)17(33,34)39-10(6-2,7-3)11(20,8(19)37)14(24,25)26/h5-7H2,1-4H3. The Morgan fingerprint density at radius 3 is 1.18 bits per heavy atom. The molecule has 3 nitrogen and oxygen atoms in total. The van der Waals surface area contributed by atoms with Crippen LogP contribution in [0.2, 0.25) is 0 Å². The highest BCUT2D eigenvalue weighted by molar-refractivity contribution is 5.81. The summed E-state index contributed by atoms with van der Waals surface area (Å²) in [5, 5.41) is 0. The van der Waals surface area contributed by atoms with Crippen LogP contribution in [-0.4, -0.2) is 65.2 Å². The van der Waals surface area contributed by atoms with Crippen LogP contribution in [0.4, 0.5) is 79.0 Å². The SMILES string of the molecule is CCC(C)(OC(F)(F)C(F)(F)C(F)(F)F)C(F)(C(F)(F)F)C(F)(F)OC(CC)(CC)C(F)(C(=O)F)C(F)(F)F. The maximum Gasteiger partial charge on any atom is 0.462 e. The third-order valence-corrected chi connectivity index (χ3v) is 6.03. The van der Waals surface area contributed by atoms with Gasteiger partial charge in [-0.25, -0.2) is 8.78 Å². The lowest BCUT2D eigenvalue weighted by atomic mass is 9.77. The number of hydrogen-bond donors (Lipinski definition) is 0. The molecular weight excluding hydrogens is 606 g/mol. The van der Waals surface area contributed by atoms with Gasteiger partial charge in [0.15, 0.2) is 0 Å². The normalized spacial score (nSPS) is 19.7. The Balaban J connectivity index is 7.49. The molecule has 0 heterocycles. The molecule has 0 aromatic carbocycles. The van der Waals surface area contributed by atoms with Crippen LogP contribution in [0.1, 0.15) is 47.0 Å². The van der Waals surface area contributed by atoms with Gasteiger partial charge in [0.05, 0.1) is 0 Å². The summed E-state index contributed by atoms with van der Waals surface area (Å²) >= 11 is 0. The van der Waals surface area contributed by atoms with Crippen LogP contribution in [0.5, 0.6) is 0 Å². The molecule has 0 spiro atoms. The van der Waals surface area contributed by atoms with Crippen molar-refractivity contribution in [2.75, 3.05) is 0 Å². The van der Waals surface area contributed by atoms with Crippen LogP contribution in [0, 0.1) is 0 Å². The van der Waals surface area contributed by atoms with E-state index < -0.39 is 91.4 Å². The monoisotopic (exact) mass is 624 g/mol. The third-order valence-electron chi connectivity index (χ3n) is 6.03. The van der Waals surface area contributed by atoms with Crippen LogP contribution in [0.15, 0.2) is 0 Å². The van der Waals surface area contributed by atoms with Gasteiger partial charge in [-0.3, -0.25) is 4.79 Å². The summed E-state index contributed by atoms with van der Waals surface area (Å²) < 4.78 is 252. The van der Waals surface area contributed by atoms with Crippen LogP contribution in [0.25, 0.3) is 0 Å². The minimum absolute atomic E-state index is 0.00507. The van der Waals surface area contributed by atoms with E-state index in [0.29, 0.717) is 0 Å². The van der Waals surface area contributed by atoms with E-state index in [-0.39, 0.29) is 20.8 Å². The van der Waals surface area contributed by atoms with Gasteiger partial charge in [-0.05, 0) is 26.2 Å². The Kier molecular flexibility index (Phi) is 9.87. The van der Waals surface area contributed by atoms with Crippen molar-refractivity contribution in [3.05, 3.63) is 0 Å². The van der Waals surface area contributed by atoms with Crippen molar-refractivity contribution in [2.24, 2.45) is 0 Å². The Hall–Kier alpha value is -1.67. The van der Waals surface area contributed by atoms with Crippen LogP contribution >= 0.6 is 0 Å². The van der Waals surface area contributed by atoms with Crippen molar-refractivity contribution in [3.8, 4) is 0 Å². The molecule has 0 aromatic rings. The number of carbonyl (C=O) groups is 1. The number of rotatable bonds is 12. The molecule has 3 atom stereocenters. The molecular formula is C18H18F18O3. The molecule has 0 aromatic heterocycles. The van der Waals surface area contributed by atoms with Gasteiger partial charge in [-0.2, -0.15) is 70.2 Å². The lowest BCUT2D eigenvalue weighted by Crippen LogP contribution is -2.75. The summed E-state index contributed by atoms with van der Waals surface area (Å²) in [5.74, 6) is -7.47.